The van der Waals surface area contributed by atoms with Crippen molar-refractivity contribution in [3.8, 4) is 0 Å². The molecule has 1 nitrogen and oxygen atoms in total. The third-order valence-corrected chi connectivity index (χ3v) is 5.87. The van der Waals surface area contributed by atoms with Gasteiger partial charge >= 0.3 is 0 Å². The smallest absolute Gasteiger partial charge is 0.0682 e. The molecule has 0 spiro atoms. The summed E-state index contributed by atoms with van der Waals surface area (Å²) in [4.78, 5) is 2.85. The molecular formula is C16H19BrINS. The Labute approximate surface area is 147 Å². The molecule has 1 N–H and O–H groups in total. The highest BCUT2D eigenvalue weighted by Gasteiger charge is 2.18. The fraction of sp³-hybridized carbons (Fsp3) is 0.375. The Hall–Kier alpha value is 0.0900. The minimum absolute atomic E-state index is 0.282. The molecule has 0 radical (unpaired) electrons. The number of halogens is 2. The van der Waals surface area contributed by atoms with Gasteiger partial charge < -0.3 is 5.32 Å². The zero-order valence-corrected chi connectivity index (χ0v) is 16.3. The van der Waals surface area contributed by atoms with Crippen molar-refractivity contribution in [3.05, 3.63) is 53.7 Å². The van der Waals surface area contributed by atoms with E-state index in [-0.39, 0.29) is 6.04 Å². The highest BCUT2D eigenvalue weighted by Crippen LogP contribution is 2.33. The van der Waals surface area contributed by atoms with Crippen LogP contribution in [0.4, 0.5) is 0 Å². The Morgan fingerprint density at radius 1 is 1.25 bits per heavy atom. The van der Waals surface area contributed by atoms with Gasteiger partial charge in [-0.1, -0.05) is 29.8 Å². The zero-order chi connectivity index (χ0) is 14.5. The molecule has 0 aliphatic heterocycles. The van der Waals surface area contributed by atoms with Gasteiger partial charge in [-0.05, 0) is 77.9 Å². The average molecular weight is 464 g/mol. The minimum atomic E-state index is 0.282. The lowest BCUT2D eigenvalue weighted by molar-refractivity contribution is 0.604. The third-order valence-electron chi connectivity index (χ3n) is 3.18. The van der Waals surface area contributed by atoms with Gasteiger partial charge in [0.15, 0.2) is 0 Å². The molecule has 1 aromatic heterocycles. The molecule has 0 fully saturated rings. The lowest BCUT2D eigenvalue weighted by atomic mass is 10.1. The fourth-order valence-corrected chi connectivity index (χ4v) is 4.17. The molecular weight excluding hydrogens is 445 g/mol. The highest BCUT2D eigenvalue weighted by molar-refractivity contribution is 14.1. The van der Waals surface area contributed by atoms with Gasteiger partial charge in [0.25, 0.3) is 0 Å². The fourth-order valence-electron chi connectivity index (χ4n) is 2.13. The summed E-state index contributed by atoms with van der Waals surface area (Å²) in [5.41, 5.74) is 1.33. The topological polar surface area (TPSA) is 12.0 Å². The summed E-state index contributed by atoms with van der Waals surface area (Å²) in [5, 5.41) is 3.68. The summed E-state index contributed by atoms with van der Waals surface area (Å²) < 4.78 is 2.45. The van der Waals surface area contributed by atoms with E-state index in [1.54, 1.807) is 0 Å². The maximum Gasteiger partial charge on any atom is 0.0682 e. The zero-order valence-electron chi connectivity index (χ0n) is 11.7. The largest absolute Gasteiger partial charge is 0.306 e. The summed E-state index contributed by atoms with van der Waals surface area (Å²) in [6.45, 7) is 5.45. The van der Waals surface area contributed by atoms with Gasteiger partial charge in [0.2, 0.25) is 0 Å². The molecule has 108 valence electrons. The molecule has 0 aliphatic carbocycles. The summed E-state index contributed by atoms with van der Waals surface area (Å²) in [6, 6.07) is 11.3. The second kappa shape index (κ2) is 7.92. The van der Waals surface area contributed by atoms with Gasteiger partial charge in [0.05, 0.1) is 6.04 Å². The first kappa shape index (κ1) is 16.5. The van der Waals surface area contributed by atoms with Crippen LogP contribution in [0.2, 0.25) is 0 Å². The number of benzene rings is 1. The lowest BCUT2D eigenvalue weighted by Crippen LogP contribution is -2.22. The first-order chi connectivity index (χ1) is 9.65. The monoisotopic (exact) mass is 463 g/mol. The van der Waals surface area contributed by atoms with E-state index in [0.717, 1.165) is 19.4 Å². The van der Waals surface area contributed by atoms with E-state index in [1.807, 2.05) is 11.3 Å². The van der Waals surface area contributed by atoms with Gasteiger partial charge in [0.1, 0.15) is 0 Å². The third kappa shape index (κ3) is 4.06. The Morgan fingerprint density at radius 2 is 2.05 bits per heavy atom. The van der Waals surface area contributed by atoms with Crippen LogP contribution in [0.1, 0.15) is 41.6 Å². The molecule has 4 heteroatoms. The molecule has 20 heavy (non-hydrogen) atoms. The van der Waals surface area contributed by atoms with Crippen LogP contribution in [0.15, 0.2) is 34.8 Å². The lowest BCUT2D eigenvalue weighted by Gasteiger charge is -2.19. The number of aryl methyl sites for hydroxylation is 1. The second-order valence-electron chi connectivity index (χ2n) is 4.71. The molecule has 0 saturated heterocycles. The van der Waals surface area contributed by atoms with Crippen LogP contribution < -0.4 is 5.32 Å². The van der Waals surface area contributed by atoms with Crippen LogP contribution in [0.25, 0.3) is 0 Å². The van der Waals surface area contributed by atoms with E-state index in [2.05, 4.69) is 88.0 Å². The van der Waals surface area contributed by atoms with Crippen molar-refractivity contribution in [1.82, 2.24) is 5.32 Å². The predicted octanol–water partition coefficient (Wildman–Crippen LogP) is 5.77. The molecule has 1 atom stereocenters. The van der Waals surface area contributed by atoms with Gasteiger partial charge in [-0.2, -0.15) is 0 Å². The van der Waals surface area contributed by atoms with E-state index in [9.17, 15) is 0 Å². The maximum atomic E-state index is 3.71. The Morgan fingerprint density at radius 3 is 2.70 bits per heavy atom. The predicted molar refractivity (Wildman–Crippen MR) is 101 cm³/mol. The molecule has 2 rings (SSSR count). The molecule has 1 unspecified atom stereocenters. The van der Waals surface area contributed by atoms with Gasteiger partial charge in [-0.15, -0.1) is 11.3 Å². The maximum absolute atomic E-state index is 3.71. The minimum Gasteiger partial charge on any atom is -0.306 e. The number of rotatable bonds is 6. The van der Waals surface area contributed by atoms with Crippen LogP contribution in [0.3, 0.4) is 0 Å². The van der Waals surface area contributed by atoms with Gasteiger partial charge in [0, 0.05) is 17.8 Å². The summed E-state index contributed by atoms with van der Waals surface area (Å²) in [5.74, 6) is 0. The molecule has 0 bridgehead atoms. The second-order valence-corrected chi connectivity index (χ2v) is 8.01. The normalized spacial score (nSPS) is 12.6. The van der Waals surface area contributed by atoms with Crippen LogP contribution in [-0.4, -0.2) is 6.54 Å². The quantitative estimate of drug-likeness (QED) is 0.536. The van der Waals surface area contributed by atoms with Crippen LogP contribution in [-0.2, 0) is 6.42 Å². The number of thiophene rings is 1. The molecule has 0 saturated carbocycles. The number of hydrogen-bond donors (Lipinski definition) is 1. The van der Waals surface area contributed by atoms with Crippen molar-refractivity contribution in [2.24, 2.45) is 0 Å². The van der Waals surface area contributed by atoms with E-state index in [4.69, 9.17) is 0 Å². The SMILES string of the molecule is CCCNC(c1ccc(CC)s1)c1cc(I)ccc1Br. The van der Waals surface area contributed by atoms with Gasteiger partial charge in [-0.3, -0.25) is 0 Å². The molecule has 1 aromatic carbocycles. The van der Waals surface area contributed by atoms with Crippen molar-refractivity contribution in [3.63, 3.8) is 0 Å². The molecule has 0 amide bonds. The Balaban J connectivity index is 2.38. The first-order valence-corrected chi connectivity index (χ1v) is 9.61. The number of nitrogens with one attached hydrogen (secondary N) is 1. The molecule has 1 heterocycles. The van der Waals surface area contributed by atoms with Crippen molar-refractivity contribution in [1.29, 1.82) is 0 Å². The van der Waals surface area contributed by atoms with Crippen molar-refractivity contribution < 1.29 is 0 Å². The Bertz CT molecular complexity index is 567. The summed E-state index contributed by atoms with van der Waals surface area (Å²) >= 11 is 8.00. The van der Waals surface area contributed by atoms with E-state index < -0.39 is 0 Å². The van der Waals surface area contributed by atoms with Gasteiger partial charge in [-0.25, -0.2) is 0 Å². The summed E-state index contributed by atoms with van der Waals surface area (Å²) in [6.07, 6.45) is 2.25. The van der Waals surface area contributed by atoms with Crippen LogP contribution >= 0.6 is 49.9 Å². The van der Waals surface area contributed by atoms with E-state index >= 15 is 0 Å². The first-order valence-electron chi connectivity index (χ1n) is 6.92. The van der Waals surface area contributed by atoms with Crippen LogP contribution in [0, 0.1) is 3.57 Å². The number of hydrogen-bond acceptors (Lipinski definition) is 2. The standard InChI is InChI=1S/C16H19BrINS/c1-3-9-19-16(15-8-6-12(4-2)20-15)13-10-11(18)5-7-14(13)17/h5-8,10,16,19H,3-4,9H2,1-2H3. The van der Waals surface area contributed by atoms with E-state index in [1.165, 1.54) is 23.4 Å². The molecule has 0 aliphatic rings. The van der Waals surface area contributed by atoms with E-state index in [0.29, 0.717) is 0 Å². The van der Waals surface area contributed by atoms with Crippen molar-refractivity contribution in [2.45, 2.75) is 32.7 Å². The average Bonchev–Trinajstić information content (AvgIpc) is 2.92. The van der Waals surface area contributed by atoms with Crippen molar-refractivity contribution in [2.75, 3.05) is 6.54 Å². The molecule has 2 aromatic rings. The summed E-state index contributed by atoms with van der Waals surface area (Å²) in [7, 11) is 0. The Kier molecular flexibility index (Phi) is 6.52. The van der Waals surface area contributed by atoms with Crippen molar-refractivity contribution >= 4 is 49.9 Å². The highest BCUT2D eigenvalue weighted by atomic mass is 127. The van der Waals surface area contributed by atoms with Crippen LogP contribution in [0.5, 0.6) is 0 Å².